The van der Waals surface area contributed by atoms with Gasteiger partial charge in [-0.25, -0.2) is 4.98 Å². The van der Waals surface area contributed by atoms with Crippen molar-refractivity contribution in [2.75, 3.05) is 26.7 Å². The molecule has 5 heterocycles. The van der Waals surface area contributed by atoms with E-state index >= 15 is 0 Å². The number of pyridine rings is 1. The first-order valence-electron chi connectivity index (χ1n) is 9.18. The number of carbonyl (C=O) groups excluding carboxylic acids is 1. The van der Waals surface area contributed by atoms with Crippen molar-refractivity contribution in [1.29, 1.82) is 0 Å². The second-order valence-electron chi connectivity index (χ2n) is 7.76. The van der Waals surface area contributed by atoms with Crippen molar-refractivity contribution >= 4 is 5.91 Å². The second kappa shape index (κ2) is 6.23. The number of carbonyl (C=O) groups is 1. The van der Waals surface area contributed by atoms with Gasteiger partial charge in [0.15, 0.2) is 6.39 Å². The number of oxazole rings is 1. The van der Waals surface area contributed by atoms with Gasteiger partial charge in [-0.3, -0.25) is 14.7 Å². The summed E-state index contributed by atoms with van der Waals surface area (Å²) in [6.07, 6.45) is 5.60. The Morgan fingerprint density at radius 1 is 1.25 bits per heavy atom. The van der Waals surface area contributed by atoms with Crippen LogP contribution in [0, 0.1) is 12.3 Å². The zero-order valence-corrected chi connectivity index (χ0v) is 15.7. The number of hydrogen-bond donors (Lipinski definition) is 0. The van der Waals surface area contributed by atoms with Crippen molar-refractivity contribution in [3.63, 3.8) is 0 Å². The fraction of sp³-hybridized carbons (Fsp3) is 0.421. The zero-order chi connectivity index (χ0) is 19.3. The zero-order valence-electron chi connectivity index (χ0n) is 15.7. The van der Waals surface area contributed by atoms with Gasteiger partial charge in [0.05, 0.1) is 11.7 Å². The van der Waals surface area contributed by atoms with Crippen molar-refractivity contribution in [2.24, 2.45) is 5.41 Å². The van der Waals surface area contributed by atoms with Gasteiger partial charge in [-0.05, 0) is 32.5 Å². The highest BCUT2D eigenvalue weighted by atomic mass is 16.5. The van der Waals surface area contributed by atoms with Crippen LogP contribution in [-0.4, -0.2) is 62.5 Å². The average molecular weight is 380 g/mol. The molecule has 3 aromatic heterocycles. The lowest BCUT2D eigenvalue weighted by atomic mass is 9.77. The number of rotatable bonds is 3. The summed E-state index contributed by atoms with van der Waals surface area (Å²) in [5, 5.41) is 4.12. The topological polar surface area (TPSA) is 101 Å². The van der Waals surface area contributed by atoms with Crippen molar-refractivity contribution in [3.05, 3.63) is 48.3 Å². The molecule has 3 aromatic rings. The molecule has 28 heavy (non-hydrogen) atoms. The molecule has 1 amide bonds. The Labute approximate surface area is 161 Å². The van der Waals surface area contributed by atoms with E-state index in [1.165, 1.54) is 6.39 Å². The molecule has 0 radical (unpaired) electrons. The Balaban J connectivity index is 1.28. The third-order valence-corrected chi connectivity index (χ3v) is 5.69. The summed E-state index contributed by atoms with van der Waals surface area (Å²) < 4.78 is 10.8. The number of amides is 1. The summed E-state index contributed by atoms with van der Waals surface area (Å²) in [5.74, 6) is 1.42. The molecular formula is C19H20N6O3. The van der Waals surface area contributed by atoms with E-state index in [-0.39, 0.29) is 17.4 Å². The number of aryl methyl sites for hydroxylation is 1. The Kier molecular flexibility index (Phi) is 3.80. The Hall–Kier alpha value is -3.07. The fourth-order valence-electron chi connectivity index (χ4n) is 4.32. The number of aromatic nitrogens is 4. The number of hydrogen-bond acceptors (Lipinski definition) is 8. The number of nitrogens with zero attached hydrogens (tertiary/aromatic N) is 6. The molecular weight excluding hydrogens is 360 g/mol. The fourth-order valence-corrected chi connectivity index (χ4v) is 4.32. The lowest BCUT2D eigenvalue weighted by Gasteiger charge is -2.47. The van der Waals surface area contributed by atoms with Gasteiger partial charge in [-0.2, -0.15) is 4.98 Å². The van der Waals surface area contributed by atoms with Crippen molar-refractivity contribution in [3.8, 4) is 11.4 Å². The molecule has 5 rings (SSSR count). The quantitative estimate of drug-likeness (QED) is 0.679. The molecule has 2 saturated heterocycles. The van der Waals surface area contributed by atoms with E-state index in [1.807, 2.05) is 17.0 Å². The molecule has 0 aromatic carbocycles. The molecule has 0 saturated carbocycles. The molecule has 144 valence electrons. The van der Waals surface area contributed by atoms with Gasteiger partial charge in [-0.1, -0.05) is 5.16 Å². The van der Waals surface area contributed by atoms with Gasteiger partial charge in [0, 0.05) is 43.0 Å². The largest absolute Gasteiger partial charge is 0.438 e. The van der Waals surface area contributed by atoms with E-state index in [0.29, 0.717) is 36.3 Å². The average Bonchev–Trinajstić information content (AvgIpc) is 3.39. The molecule has 0 bridgehead atoms. The summed E-state index contributed by atoms with van der Waals surface area (Å²) in [4.78, 5) is 29.2. The minimum atomic E-state index is -0.0931. The molecule has 1 spiro atoms. The van der Waals surface area contributed by atoms with Crippen LogP contribution in [0.3, 0.4) is 0 Å². The minimum absolute atomic E-state index is 0.0485. The van der Waals surface area contributed by atoms with Crippen molar-refractivity contribution in [1.82, 2.24) is 29.9 Å². The second-order valence-corrected chi connectivity index (χ2v) is 7.76. The maximum Gasteiger partial charge on any atom is 0.291 e. The predicted molar refractivity (Wildman–Crippen MR) is 97.1 cm³/mol. The minimum Gasteiger partial charge on any atom is -0.438 e. The molecule has 2 aliphatic heterocycles. The van der Waals surface area contributed by atoms with Gasteiger partial charge in [-0.15, -0.1) is 0 Å². The summed E-state index contributed by atoms with van der Waals surface area (Å²) in [5.41, 5.74) is 1.55. The van der Waals surface area contributed by atoms with Crippen LogP contribution in [0.1, 0.15) is 34.6 Å². The third-order valence-electron chi connectivity index (χ3n) is 5.69. The van der Waals surface area contributed by atoms with Gasteiger partial charge < -0.3 is 13.8 Å². The van der Waals surface area contributed by atoms with E-state index in [2.05, 4.69) is 32.1 Å². The van der Waals surface area contributed by atoms with Crippen LogP contribution in [0.4, 0.5) is 0 Å². The summed E-state index contributed by atoms with van der Waals surface area (Å²) >= 11 is 0. The first-order chi connectivity index (χ1) is 13.5. The maximum absolute atomic E-state index is 12.6. The molecule has 2 aliphatic rings. The molecule has 9 heteroatoms. The third kappa shape index (κ3) is 2.70. The van der Waals surface area contributed by atoms with Crippen LogP contribution >= 0.6 is 0 Å². The molecule has 1 atom stereocenters. The summed E-state index contributed by atoms with van der Waals surface area (Å²) in [6, 6.07) is 3.76. The van der Waals surface area contributed by atoms with E-state index < -0.39 is 0 Å². The van der Waals surface area contributed by atoms with Crippen molar-refractivity contribution in [2.45, 2.75) is 19.4 Å². The van der Waals surface area contributed by atoms with Crippen LogP contribution in [0.5, 0.6) is 0 Å². The molecule has 0 aliphatic carbocycles. The highest BCUT2D eigenvalue weighted by Gasteiger charge is 2.53. The normalized spacial score (nSPS) is 21.2. The monoisotopic (exact) mass is 380 g/mol. The lowest BCUT2D eigenvalue weighted by Crippen LogP contribution is -2.59. The van der Waals surface area contributed by atoms with Crippen LogP contribution in [-0.2, 0) is 0 Å². The van der Waals surface area contributed by atoms with E-state index in [0.717, 1.165) is 18.5 Å². The van der Waals surface area contributed by atoms with Crippen molar-refractivity contribution < 1.29 is 13.7 Å². The van der Waals surface area contributed by atoms with Gasteiger partial charge in [0.25, 0.3) is 5.91 Å². The standard InChI is InChI=1S/C19H20N6O3/c1-12-15(27-11-21-12)18(26)25-9-19(10-25)7-14(24(2)8-19)17-22-16(23-28-17)13-3-5-20-6-4-13/h3-6,11,14H,7-10H2,1-2H3/t14-/m0/s1. The van der Waals surface area contributed by atoms with E-state index in [4.69, 9.17) is 8.94 Å². The SMILES string of the molecule is Cc1ncoc1C(=O)N1CC2(C[C@@H](c3nc(-c4ccncc4)no3)N(C)C2)C1. The van der Waals surface area contributed by atoms with Gasteiger partial charge >= 0.3 is 0 Å². The number of likely N-dealkylation sites (tertiary alicyclic amines) is 2. The van der Waals surface area contributed by atoms with Crippen LogP contribution in [0.2, 0.25) is 0 Å². The molecule has 0 N–H and O–H groups in total. The Bertz CT molecular complexity index is 1010. The first-order valence-corrected chi connectivity index (χ1v) is 9.18. The summed E-state index contributed by atoms with van der Waals surface area (Å²) in [6.45, 7) is 4.04. The first kappa shape index (κ1) is 17.1. The smallest absolute Gasteiger partial charge is 0.291 e. The Morgan fingerprint density at radius 2 is 2.04 bits per heavy atom. The maximum atomic E-state index is 12.6. The molecule has 0 unspecified atom stereocenters. The highest BCUT2D eigenvalue weighted by Crippen LogP contribution is 2.47. The Morgan fingerprint density at radius 3 is 2.75 bits per heavy atom. The van der Waals surface area contributed by atoms with Gasteiger partial charge in [0.2, 0.25) is 17.5 Å². The lowest BCUT2D eigenvalue weighted by molar-refractivity contribution is 0.00896. The highest BCUT2D eigenvalue weighted by molar-refractivity contribution is 5.93. The van der Waals surface area contributed by atoms with E-state index in [1.54, 1.807) is 19.3 Å². The van der Waals surface area contributed by atoms with E-state index in [9.17, 15) is 4.79 Å². The predicted octanol–water partition coefficient (Wildman–Crippen LogP) is 1.95. The van der Waals surface area contributed by atoms with Crippen LogP contribution in [0.25, 0.3) is 11.4 Å². The van der Waals surface area contributed by atoms with Crippen LogP contribution in [0.15, 0.2) is 39.9 Å². The molecule has 9 nitrogen and oxygen atoms in total. The van der Waals surface area contributed by atoms with Gasteiger partial charge in [0.1, 0.15) is 0 Å². The van der Waals surface area contributed by atoms with Crippen LogP contribution < -0.4 is 0 Å². The summed E-state index contributed by atoms with van der Waals surface area (Å²) in [7, 11) is 2.06. The molecule has 2 fully saturated rings.